The summed E-state index contributed by atoms with van der Waals surface area (Å²) in [6.07, 6.45) is 1.46. The first-order valence-corrected chi connectivity index (χ1v) is 4.69. The van der Waals surface area contributed by atoms with Crippen molar-refractivity contribution in [2.45, 2.75) is 51.4 Å². The van der Waals surface area contributed by atoms with E-state index in [2.05, 4.69) is 11.9 Å². The summed E-state index contributed by atoms with van der Waals surface area (Å²) in [5.74, 6) is 0.601. The lowest BCUT2D eigenvalue weighted by Crippen LogP contribution is -2.44. The van der Waals surface area contributed by atoms with Crippen LogP contribution in [0.5, 0.6) is 0 Å². The van der Waals surface area contributed by atoms with Crippen LogP contribution in [0.1, 0.15) is 33.6 Å². The van der Waals surface area contributed by atoms with Gasteiger partial charge in [0.15, 0.2) is 5.88 Å². The summed E-state index contributed by atoms with van der Waals surface area (Å²) in [6, 6.07) is 0.338. The van der Waals surface area contributed by atoms with Crippen molar-refractivity contribution in [3.05, 3.63) is 12.5 Å². The average molecular weight is 185 g/mol. The molecule has 0 amide bonds. The summed E-state index contributed by atoms with van der Waals surface area (Å²) in [6.45, 7) is 9.72. The standard InChI is InChI=1S/C10H19NO2/c1-7(13-10(2,3)4)11-8-5-9(12)6-8/h8-9,11-12H,1,5-6H2,2-4H3. The maximum atomic E-state index is 9.05. The molecule has 1 fully saturated rings. The van der Waals surface area contributed by atoms with Crippen LogP contribution in [0, 0.1) is 0 Å². The summed E-state index contributed by atoms with van der Waals surface area (Å²) in [7, 11) is 0. The molecule has 0 spiro atoms. The fourth-order valence-corrected chi connectivity index (χ4v) is 1.33. The zero-order valence-electron chi connectivity index (χ0n) is 8.63. The predicted octanol–water partition coefficient (Wildman–Crippen LogP) is 1.39. The fourth-order valence-electron chi connectivity index (χ4n) is 1.33. The van der Waals surface area contributed by atoms with Gasteiger partial charge in [-0.25, -0.2) is 0 Å². The Hall–Kier alpha value is -0.700. The molecule has 76 valence electrons. The van der Waals surface area contributed by atoms with E-state index in [9.17, 15) is 0 Å². The van der Waals surface area contributed by atoms with Crippen LogP contribution in [0.4, 0.5) is 0 Å². The van der Waals surface area contributed by atoms with Crippen LogP contribution in [0.15, 0.2) is 12.5 Å². The molecule has 0 saturated heterocycles. The Labute approximate surface area is 79.8 Å². The number of nitrogens with one attached hydrogen (secondary N) is 1. The lowest BCUT2D eigenvalue weighted by molar-refractivity contribution is 0.0170. The second-order valence-corrected chi connectivity index (χ2v) is 4.60. The van der Waals surface area contributed by atoms with Gasteiger partial charge in [-0.15, -0.1) is 0 Å². The third kappa shape index (κ3) is 3.68. The van der Waals surface area contributed by atoms with E-state index in [0.717, 1.165) is 12.8 Å². The van der Waals surface area contributed by atoms with E-state index in [1.165, 1.54) is 0 Å². The minimum atomic E-state index is -0.202. The summed E-state index contributed by atoms with van der Waals surface area (Å²) < 4.78 is 5.49. The molecule has 0 aromatic rings. The summed E-state index contributed by atoms with van der Waals surface area (Å²) in [4.78, 5) is 0. The van der Waals surface area contributed by atoms with Crippen LogP contribution in [0.2, 0.25) is 0 Å². The molecule has 13 heavy (non-hydrogen) atoms. The molecule has 0 heterocycles. The molecule has 0 aromatic heterocycles. The highest BCUT2D eigenvalue weighted by Gasteiger charge is 2.28. The van der Waals surface area contributed by atoms with E-state index in [-0.39, 0.29) is 11.7 Å². The van der Waals surface area contributed by atoms with Gasteiger partial charge in [0.2, 0.25) is 0 Å². The number of aliphatic hydroxyl groups excluding tert-OH is 1. The second kappa shape index (κ2) is 3.58. The van der Waals surface area contributed by atoms with Gasteiger partial charge in [-0.1, -0.05) is 0 Å². The topological polar surface area (TPSA) is 41.5 Å². The number of ether oxygens (including phenoxy) is 1. The van der Waals surface area contributed by atoms with Crippen molar-refractivity contribution in [1.29, 1.82) is 0 Å². The van der Waals surface area contributed by atoms with Crippen molar-refractivity contribution in [1.82, 2.24) is 5.32 Å². The average Bonchev–Trinajstić information content (AvgIpc) is 1.79. The van der Waals surface area contributed by atoms with Crippen LogP contribution in [-0.4, -0.2) is 22.9 Å². The molecule has 0 radical (unpaired) electrons. The Bertz CT molecular complexity index is 190. The van der Waals surface area contributed by atoms with Crippen molar-refractivity contribution >= 4 is 0 Å². The van der Waals surface area contributed by atoms with Crippen LogP contribution in [0.25, 0.3) is 0 Å². The van der Waals surface area contributed by atoms with Gasteiger partial charge in [0, 0.05) is 6.04 Å². The Morgan fingerprint density at radius 1 is 1.46 bits per heavy atom. The number of rotatable bonds is 3. The van der Waals surface area contributed by atoms with E-state index in [0.29, 0.717) is 11.9 Å². The van der Waals surface area contributed by atoms with Crippen molar-refractivity contribution < 1.29 is 9.84 Å². The normalized spacial score (nSPS) is 27.7. The largest absolute Gasteiger partial charge is 0.474 e. The maximum Gasteiger partial charge on any atom is 0.180 e. The highest BCUT2D eigenvalue weighted by atomic mass is 16.5. The quantitative estimate of drug-likeness (QED) is 0.653. The second-order valence-electron chi connectivity index (χ2n) is 4.60. The van der Waals surface area contributed by atoms with Crippen LogP contribution < -0.4 is 5.32 Å². The molecule has 0 atom stereocenters. The van der Waals surface area contributed by atoms with Crippen molar-refractivity contribution in [3.8, 4) is 0 Å². The molecule has 3 nitrogen and oxygen atoms in total. The van der Waals surface area contributed by atoms with Gasteiger partial charge >= 0.3 is 0 Å². The molecule has 0 unspecified atom stereocenters. The number of hydrogen-bond acceptors (Lipinski definition) is 3. The molecular formula is C10H19NO2. The highest BCUT2D eigenvalue weighted by molar-refractivity contribution is 4.93. The first-order chi connectivity index (χ1) is 5.87. The molecule has 1 aliphatic carbocycles. The Morgan fingerprint density at radius 2 is 2.00 bits per heavy atom. The molecule has 0 bridgehead atoms. The molecule has 2 N–H and O–H groups in total. The van der Waals surface area contributed by atoms with Gasteiger partial charge in [-0.2, -0.15) is 0 Å². The molecule has 1 rings (SSSR count). The summed E-state index contributed by atoms with van der Waals surface area (Å²) >= 11 is 0. The van der Waals surface area contributed by atoms with Gasteiger partial charge < -0.3 is 15.2 Å². The predicted molar refractivity (Wildman–Crippen MR) is 52.1 cm³/mol. The minimum absolute atomic E-state index is 0.139. The SMILES string of the molecule is C=C(NC1CC(O)C1)OC(C)(C)C. The van der Waals surface area contributed by atoms with Crippen LogP contribution >= 0.6 is 0 Å². The third-order valence-electron chi connectivity index (χ3n) is 1.91. The van der Waals surface area contributed by atoms with Crippen molar-refractivity contribution in [3.63, 3.8) is 0 Å². The molecule has 1 aliphatic rings. The number of aliphatic hydroxyl groups is 1. The molecular weight excluding hydrogens is 166 g/mol. The first kappa shape index (κ1) is 10.4. The van der Waals surface area contributed by atoms with E-state index in [4.69, 9.17) is 9.84 Å². The molecule has 0 aliphatic heterocycles. The van der Waals surface area contributed by atoms with Crippen molar-refractivity contribution in [2.75, 3.05) is 0 Å². The maximum absolute atomic E-state index is 9.05. The Morgan fingerprint density at radius 3 is 2.38 bits per heavy atom. The minimum Gasteiger partial charge on any atom is -0.474 e. The highest BCUT2D eigenvalue weighted by Crippen LogP contribution is 2.21. The molecule has 0 aromatic carbocycles. The fraction of sp³-hybridized carbons (Fsp3) is 0.800. The zero-order valence-corrected chi connectivity index (χ0v) is 8.63. The lowest BCUT2D eigenvalue weighted by atomic mass is 9.90. The van der Waals surface area contributed by atoms with Gasteiger partial charge in [-0.05, 0) is 40.2 Å². The Balaban J connectivity index is 2.19. The lowest BCUT2D eigenvalue weighted by Gasteiger charge is -2.34. The summed E-state index contributed by atoms with van der Waals surface area (Å²) in [5, 5.41) is 12.2. The van der Waals surface area contributed by atoms with Crippen molar-refractivity contribution in [2.24, 2.45) is 0 Å². The van der Waals surface area contributed by atoms with Gasteiger partial charge in [0.05, 0.1) is 6.10 Å². The van der Waals surface area contributed by atoms with Crippen LogP contribution in [-0.2, 0) is 4.74 Å². The van der Waals surface area contributed by atoms with E-state index >= 15 is 0 Å². The molecule has 3 heteroatoms. The van der Waals surface area contributed by atoms with E-state index in [1.54, 1.807) is 0 Å². The third-order valence-corrected chi connectivity index (χ3v) is 1.91. The van der Waals surface area contributed by atoms with Gasteiger partial charge in [0.25, 0.3) is 0 Å². The monoisotopic (exact) mass is 185 g/mol. The summed E-state index contributed by atoms with van der Waals surface area (Å²) in [5.41, 5.74) is -0.202. The van der Waals surface area contributed by atoms with Gasteiger partial charge in [0.1, 0.15) is 5.60 Å². The number of hydrogen-bond donors (Lipinski definition) is 2. The van der Waals surface area contributed by atoms with Crippen LogP contribution in [0.3, 0.4) is 0 Å². The zero-order chi connectivity index (χ0) is 10.1. The smallest absolute Gasteiger partial charge is 0.180 e. The Kier molecular flexibility index (Phi) is 2.86. The van der Waals surface area contributed by atoms with E-state index in [1.807, 2.05) is 20.8 Å². The first-order valence-electron chi connectivity index (χ1n) is 4.69. The van der Waals surface area contributed by atoms with Gasteiger partial charge in [-0.3, -0.25) is 0 Å². The molecule has 1 saturated carbocycles. The van der Waals surface area contributed by atoms with E-state index < -0.39 is 0 Å².